The molecule has 0 radical (unpaired) electrons. The molecule has 1 aromatic rings. The molecule has 1 aliphatic heterocycles. The Bertz CT molecular complexity index is 598. The molecule has 0 unspecified atom stereocenters. The van der Waals surface area contributed by atoms with Gasteiger partial charge in [-0.25, -0.2) is 0 Å². The van der Waals surface area contributed by atoms with Crippen LogP contribution in [0.3, 0.4) is 0 Å². The highest BCUT2D eigenvalue weighted by Crippen LogP contribution is 2.38. The van der Waals surface area contributed by atoms with Gasteiger partial charge in [0.05, 0.1) is 17.8 Å². The lowest BCUT2D eigenvalue weighted by Gasteiger charge is -2.32. The van der Waals surface area contributed by atoms with Crippen LogP contribution >= 0.6 is 12.2 Å². The molecule has 0 amide bonds. The van der Waals surface area contributed by atoms with Crippen LogP contribution < -0.4 is 11.1 Å². The van der Waals surface area contributed by atoms with E-state index >= 15 is 0 Å². The number of anilines is 1. The van der Waals surface area contributed by atoms with Gasteiger partial charge in [0, 0.05) is 5.69 Å². The Morgan fingerprint density at radius 2 is 1.74 bits per heavy atom. The number of nitrogens with one attached hydrogen (secondary N) is 1. The second-order valence-electron chi connectivity index (χ2n) is 6.58. The van der Waals surface area contributed by atoms with Gasteiger partial charge < -0.3 is 25.5 Å². The van der Waals surface area contributed by atoms with Crippen LogP contribution in [0.1, 0.15) is 33.3 Å². The van der Waals surface area contributed by atoms with E-state index in [2.05, 4.69) is 5.32 Å². The molecule has 0 aliphatic carbocycles. The zero-order valence-corrected chi connectivity index (χ0v) is 14.7. The third-order valence-corrected chi connectivity index (χ3v) is 4.37. The minimum absolute atomic E-state index is 0.135. The maximum atomic E-state index is 9.69. The van der Waals surface area contributed by atoms with Crippen LogP contribution in [0.15, 0.2) is 29.7 Å². The van der Waals surface area contributed by atoms with Crippen molar-refractivity contribution in [2.24, 2.45) is 5.73 Å². The summed E-state index contributed by atoms with van der Waals surface area (Å²) in [6.07, 6.45) is 1.87. The van der Waals surface area contributed by atoms with Gasteiger partial charge in [0.15, 0.2) is 5.11 Å². The molecule has 4 N–H and O–H groups in total. The van der Waals surface area contributed by atoms with Gasteiger partial charge >= 0.3 is 7.12 Å². The van der Waals surface area contributed by atoms with Crippen molar-refractivity contribution in [1.29, 1.82) is 0 Å². The normalized spacial score (nSPS) is 19.7. The Labute approximate surface area is 143 Å². The number of benzene rings is 1. The van der Waals surface area contributed by atoms with Gasteiger partial charge in [0.25, 0.3) is 0 Å². The highest BCUT2D eigenvalue weighted by atomic mass is 32.1. The summed E-state index contributed by atoms with van der Waals surface area (Å²) >= 11 is 4.80. The van der Waals surface area contributed by atoms with Gasteiger partial charge in [0.1, 0.15) is 0 Å². The van der Waals surface area contributed by atoms with E-state index in [1.807, 2.05) is 58.0 Å². The second kappa shape index (κ2) is 6.61. The molecule has 1 saturated heterocycles. The average Bonchev–Trinajstić information content (AvgIpc) is 2.66. The summed E-state index contributed by atoms with van der Waals surface area (Å²) < 4.78 is 11.9. The number of aliphatic hydroxyl groups is 1. The minimum Gasteiger partial charge on any atom is -0.400 e. The Balaban J connectivity index is 2.18. The quantitative estimate of drug-likeness (QED) is 0.580. The first-order valence-corrected chi connectivity index (χ1v) is 7.89. The molecule has 0 spiro atoms. The first-order chi connectivity index (χ1) is 10.6. The molecule has 0 saturated carbocycles. The van der Waals surface area contributed by atoms with Crippen LogP contribution in [0, 0.1) is 0 Å². The highest BCUT2D eigenvalue weighted by Gasteiger charge is 2.52. The molecule has 0 bridgehead atoms. The van der Waals surface area contributed by atoms with E-state index in [9.17, 15) is 5.11 Å². The third-order valence-electron chi connectivity index (χ3n) is 4.27. The van der Waals surface area contributed by atoms with E-state index in [1.165, 1.54) is 0 Å². The van der Waals surface area contributed by atoms with Crippen LogP contribution in [-0.2, 0) is 9.31 Å². The lowest BCUT2D eigenvalue weighted by molar-refractivity contribution is 0.00578. The summed E-state index contributed by atoms with van der Waals surface area (Å²) in [4.78, 5) is 0. The zero-order valence-electron chi connectivity index (χ0n) is 13.9. The third kappa shape index (κ3) is 4.12. The molecule has 23 heavy (non-hydrogen) atoms. The monoisotopic (exact) mass is 334 g/mol. The van der Waals surface area contributed by atoms with Crippen molar-refractivity contribution in [3.63, 3.8) is 0 Å². The maximum Gasteiger partial charge on any atom is 0.492 e. The molecule has 0 atom stereocenters. The summed E-state index contributed by atoms with van der Waals surface area (Å²) in [6, 6.07) is 7.54. The minimum atomic E-state index is -0.556. The van der Waals surface area contributed by atoms with Crippen molar-refractivity contribution in [2.45, 2.75) is 38.9 Å². The lowest BCUT2D eigenvalue weighted by Crippen LogP contribution is -2.41. The first kappa shape index (κ1) is 17.9. The topological polar surface area (TPSA) is 76.7 Å². The predicted octanol–water partition coefficient (Wildman–Crippen LogP) is 2.35. The van der Waals surface area contributed by atoms with E-state index < -0.39 is 18.3 Å². The fourth-order valence-corrected chi connectivity index (χ4v) is 2.32. The van der Waals surface area contributed by atoms with E-state index in [0.717, 1.165) is 11.3 Å². The number of nitrogens with two attached hydrogens (primary N) is 1. The van der Waals surface area contributed by atoms with Crippen molar-refractivity contribution in [1.82, 2.24) is 0 Å². The maximum absolute atomic E-state index is 9.69. The molecule has 1 heterocycles. The summed E-state index contributed by atoms with van der Waals surface area (Å²) in [5, 5.41) is 12.8. The number of rotatable bonds is 4. The van der Waals surface area contributed by atoms with Crippen molar-refractivity contribution in [2.75, 3.05) is 11.9 Å². The lowest BCUT2D eigenvalue weighted by atomic mass is 9.77. The van der Waals surface area contributed by atoms with Crippen molar-refractivity contribution in [3.05, 3.63) is 35.3 Å². The van der Waals surface area contributed by atoms with Crippen molar-refractivity contribution in [3.8, 4) is 0 Å². The van der Waals surface area contributed by atoms with E-state index in [-0.39, 0.29) is 11.7 Å². The van der Waals surface area contributed by atoms with E-state index in [1.54, 1.807) is 0 Å². The Kier molecular flexibility index (Phi) is 5.15. The molecule has 5 nitrogen and oxygen atoms in total. The average molecular weight is 334 g/mol. The summed E-state index contributed by atoms with van der Waals surface area (Å²) in [5.41, 5.74) is 7.00. The number of hydrogen-bond acceptors (Lipinski definition) is 4. The fourth-order valence-electron chi connectivity index (χ4n) is 2.20. The Hall–Kier alpha value is -1.41. The SMILES string of the molecule is CC1(C)OB(C(=Cc2ccc(NC(N)=S)cc2)CO)OC1(C)C. The molecule has 124 valence electrons. The number of aliphatic hydroxyl groups excluding tert-OH is 1. The largest absolute Gasteiger partial charge is 0.492 e. The molecule has 2 rings (SSSR count). The number of thiocarbonyl (C=S) groups is 1. The van der Waals surface area contributed by atoms with Crippen LogP contribution in [0.5, 0.6) is 0 Å². The second-order valence-corrected chi connectivity index (χ2v) is 7.02. The summed E-state index contributed by atoms with van der Waals surface area (Å²) in [7, 11) is -0.556. The van der Waals surface area contributed by atoms with E-state index in [0.29, 0.717) is 5.47 Å². The van der Waals surface area contributed by atoms with Gasteiger partial charge in [-0.1, -0.05) is 18.2 Å². The van der Waals surface area contributed by atoms with Gasteiger partial charge in [-0.05, 0) is 63.1 Å². The Morgan fingerprint density at radius 1 is 1.22 bits per heavy atom. The van der Waals surface area contributed by atoms with Gasteiger partial charge in [-0.3, -0.25) is 0 Å². The van der Waals surface area contributed by atoms with E-state index in [4.69, 9.17) is 27.3 Å². The van der Waals surface area contributed by atoms with Gasteiger partial charge in [0.2, 0.25) is 0 Å². The Morgan fingerprint density at radius 3 is 2.17 bits per heavy atom. The molecule has 1 fully saturated rings. The zero-order chi connectivity index (χ0) is 17.3. The first-order valence-electron chi connectivity index (χ1n) is 7.48. The summed E-state index contributed by atoms with van der Waals surface area (Å²) in [6.45, 7) is 7.80. The summed E-state index contributed by atoms with van der Waals surface area (Å²) in [5.74, 6) is 0. The molecule has 1 aromatic carbocycles. The van der Waals surface area contributed by atoms with Crippen molar-refractivity contribution >= 4 is 36.2 Å². The molecule has 0 aromatic heterocycles. The van der Waals surface area contributed by atoms with Gasteiger partial charge in [-0.2, -0.15) is 0 Å². The van der Waals surface area contributed by atoms with Crippen LogP contribution in [-0.4, -0.2) is 35.1 Å². The van der Waals surface area contributed by atoms with Crippen LogP contribution in [0.2, 0.25) is 0 Å². The van der Waals surface area contributed by atoms with Crippen molar-refractivity contribution < 1.29 is 14.4 Å². The highest BCUT2D eigenvalue weighted by molar-refractivity contribution is 7.80. The van der Waals surface area contributed by atoms with Crippen LogP contribution in [0.25, 0.3) is 6.08 Å². The molecule has 7 heteroatoms. The molecule has 1 aliphatic rings. The fraction of sp³-hybridized carbons (Fsp3) is 0.438. The van der Waals surface area contributed by atoms with Gasteiger partial charge in [-0.15, -0.1) is 0 Å². The smallest absolute Gasteiger partial charge is 0.400 e. The standard InChI is InChI=1S/C16H23BN2O3S/c1-15(2)16(3,4)22-17(21-15)12(10-20)9-11-5-7-13(8-6-11)19-14(18)23/h5-9,20H,10H2,1-4H3,(H3,18,19,23). The van der Waals surface area contributed by atoms with Crippen LogP contribution in [0.4, 0.5) is 5.69 Å². The molecular weight excluding hydrogens is 311 g/mol. The predicted molar refractivity (Wildman–Crippen MR) is 98.0 cm³/mol. The molecular formula is C16H23BN2O3S. The number of hydrogen-bond donors (Lipinski definition) is 3.